The Hall–Kier alpha value is -1.09. The summed E-state index contributed by atoms with van der Waals surface area (Å²) in [4.78, 5) is 0. The second-order valence-electron chi connectivity index (χ2n) is 3.78. The molecule has 1 heterocycles. The minimum Gasteiger partial charge on any atom is -0.485 e. The van der Waals surface area contributed by atoms with Gasteiger partial charge in [0.15, 0.2) is 11.6 Å². The Bertz CT molecular complexity index is 338. The highest BCUT2D eigenvalue weighted by Gasteiger charge is 2.24. The van der Waals surface area contributed by atoms with Crippen LogP contribution in [0.15, 0.2) is 18.2 Å². The van der Waals surface area contributed by atoms with Crippen molar-refractivity contribution in [3.8, 4) is 5.75 Å². The summed E-state index contributed by atoms with van der Waals surface area (Å²) in [6, 6.07) is 4.98. The van der Waals surface area contributed by atoms with Crippen LogP contribution in [0.25, 0.3) is 0 Å². The maximum atomic E-state index is 13.3. The SMILES string of the molecule is CC(N)C1CCc2cccc(F)c2O1. The number of nitrogens with two attached hydrogens (primary N) is 1. The monoisotopic (exact) mass is 195 g/mol. The van der Waals surface area contributed by atoms with E-state index in [0.717, 1.165) is 18.4 Å². The molecule has 0 saturated carbocycles. The van der Waals surface area contributed by atoms with E-state index in [-0.39, 0.29) is 18.0 Å². The van der Waals surface area contributed by atoms with Gasteiger partial charge in [0.1, 0.15) is 6.10 Å². The molecule has 0 fully saturated rings. The van der Waals surface area contributed by atoms with Crippen molar-refractivity contribution >= 4 is 0 Å². The van der Waals surface area contributed by atoms with Crippen molar-refractivity contribution < 1.29 is 9.13 Å². The van der Waals surface area contributed by atoms with Crippen LogP contribution in [0.1, 0.15) is 18.9 Å². The molecule has 0 amide bonds. The molecule has 0 spiro atoms. The van der Waals surface area contributed by atoms with E-state index in [1.54, 1.807) is 6.07 Å². The summed E-state index contributed by atoms with van der Waals surface area (Å²) in [7, 11) is 0. The highest BCUT2D eigenvalue weighted by Crippen LogP contribution is 2.30. The second-order valence-corrected chi connectivity index (χ2v) is 3.78. The minimum absolute atomic E-state index is 0.0530. The highest BCUT2D eigenvalue weighted by atomic mass is 19.1. The Morgan fingerprint density at radius 2 is 2.36 bits per heavy atom. The smallest absolute Gasteiger partial charge is 0.165 e. The van der Waals surface area contributed by atoms with Crippen LogP contribution >= 0.6 is 0 Å². The average Bonchev–Trinajstić information content (AvgIpc) is 2.18. The summed E-state index contributed by atoms with van der Waals surface area (Å²) < 4.78 is 18.9. The lowest BCUT2D eigenvalue weighted by Crippen LogP contribution is -2.39. The Kier molecular flexibility index (Phi) is 2.42. The number of hydrogen-bond acceptors (Lipinski definition) is 2. The van der Waals surface area contributed by atoms with Gasteiger partial charge in [-0.1, -0.05) is 12.1 Å². The Balaban J connectivity index is 2.29. The van der Waals surface area contributed by atoms with Crippen LogP contribution in [0, 0.1) is 5.82 Å². The zero-order valence-electron chi connectivity index (χ0n) is 8.16. The largest absolute Gasteiger partial charge is 0.485 e. The summed E-state index contributed by atoms with van der Waals surface area (Å²) in [6.45, 7) is 1.89. The van der Waals surface area contributed by atoms with Crippen molar-refractivity contribution in [1.29, 1.82) is 0 Å². The molecule has 0 radical (unpaired) electrons. The first-order valence-electron chi connectivity index (χ1n) is 4.88. The van der Waals surface area contributed by atoms with Crippen LogP contribution in [0.4, 0.5) is 4.39 Å². The van der Waals surface area contributed by atoms with Crippen molar-refractivity contribution in [1.82, 2.24) is 0 Å². The molecule has 1 aliphatic heterocycles. The molecular formula is C11H14FNO. The summed E-state index contributed by atoms with van der Waals surface area (Å²) in [5.74, 6) is 0.105. The van der Waals surface area contributed by atoms with Crippen LogP contribution in [-0.2, 0) is 6.42 Å². The van der Waals surface area contributed by atoms with E-state index in [4.69, 9.17) is 10.5 Å². The molecule has 2 nitrogen and oxygen atoms in total. The molecule has 0 bridgehead atoms. The third kappa shape index (κ3) is 1.60. The fourth-order valence-corrected chi connectivity index (χ4v) is 1.76. The van der Waals surface area contributed by atoms with Crippen LogP contribution in [0.3, 0.4) is 0 Å². The van der Waals surface area contributed by atoms with E-state index in [1.165, 1.54) is 6.07 Å². The van der Waals surface area contributed by atoms with Gasteiger partial charge in [-0.15, -0.1) is 0 Å². The first kappa shape index (κ1) is 9.46. The van der Waals surface area contributed by atoms with E-state index in [2.05, 4.69) is 0 Å². The lowest BCUT2D eigenvalue weighted by molar-refractivity contribution is 0.144. The molecule has 2 atom stereocenters. The molecule has 2 unspecified atom stereocenters. The molecule has 3 heteroatoms. The van der Waals surface area contributed by atoms with Gasteiger partial charge in [0.05, 0.1) is 0 Å². The van der Waals surface area contributed by atoms with Gasteiger partial charge in [0, 0.05) is 6.04 Å². The molecule has 0 aromatic heterocycles. The molecule has 1 aliphatic rings. The quantitative estimate of drug-likeness (QED) is 0.742. The molecule has 0 saturated heterocycles. The van der Waals surface area contributed by atoms with Crippen LogP contribution < -0.4 is 10.5 Å². The lowest BCUT2D eigenvalue weighted by Gasteiger charge is -2.28. The van der Waals surface area contributed by atoms with Crippen molar-refractivity contribution in [2.75, 3.05) is 0 Å². The number of halogens is 1. The molecule has 0 aliphatic carbocycles. The zero-order valence-corrected chi connectivity index (χ0v) is 8.16. The predicted octanol–water partition coefficient (Wildman–Crippen LogP) is 1.87. The first-order chi connectivity index (χ1) is 6.68. The number of fused-ring (bicyclic) bond motifs is 1. The third-order valence-electron chi connectivity index (χ3n) is 2.60. The number of benzene rings is 1. The Morgan fingerprint density at radius 1 is 1.57 bits per heavy atom. The van der Waals surface area contributed by atoms with Gasteiger partial charge >= 0.3 is 0 Å². The normalized spacial score (nSPS) is 22.4. The number of rotatable bonds is 1. The van der Waals surface area contributed by atoms with E-state index in [1.807, 2.05) is 13.0 Å². The standard InChI is InChI=1S/C11H14FNO/c1-7(13)10-6-5-8-3-2-4-9(12)11(8)14-10/h2-4,7,10H,5-6,13H2,1H3. The number of aryl methyl sites for hydroxylation is 1. The van der Waals surface area contributed by atoms with E-state index in [9.17, 15) is 4.39 Å². The van der Waals surface area contributed by atoms with Crippen LogP contribution in [0.2, 0.25) is 0 Å². The maximum Gasteiger partial charge on any atom is 0.165 e. The van der Waals surface area contributed by atoms with E-state index < -0.39 is 0 Å². The van der Waals surface area contributed by atoms with E-state index in [0.29, 0.717) is 5.75 Å². The van der Waals surface area contributed by atoms with Crippen molar-refractivity contribution in [3.05, 3.63) is 29.6 Å². The number of para-hydroxylation sites is 1. The van der Waals surface area contributed by atoms with Gasteiger partial charge in [-0.25, -0.2) is 4.39 Å². The van der Waals surface area contributed by atoms with Crippen molar-refractivity contribution in [2.24, 2.45) is 5.73 Å². The van der Waals surface area contributed by atoms with Gasteiger partial charge in [-0.05, 0) is 31.4 Å². The summed E-state index contributed by atoms with van der Waals surface area (Å²) >= 11 is 0. The van der Waals surface area contributed by atoms with Gasteiger partial charge in [-0.3, -0.25) is 0 Å². The fraction of sp³-hybridized carbons (Fsp3) is 0.455. The molecule has 2 N–H and O–H groups in total. The van der Waals surface area contributed by atoms with Gasteiger partial charge in [0.25, 0.3) is 0 Å². The van der Waals surface area contributed by atoms with Gasteiger partial charge < -0.3 is 10.5 Å². The fourth-order valence-electron chi connectivity index (χ4n) is 1.76. The van der Waals surface area contributed by atoms with Crippen LogP contribution in [0.5, 0.6) is 5.75 Å². The molecule has 2 rings (SSSR count). The Labute approximate surface area is 82.9 Å². The zero-order chi connectivity index (χ0) is 10.1. The number of hydrogen-bond donors (Lipinski definition) is 1. The summed E-state index contributed by atoms with van der Waals surface area (Å²) in [5.41, 5.74) is 6.67. The summed E-state index contributed by atoms with van der Waals surface area (Å²) in [6.07, 6.45) is 1.66. The minimum atomic E-state index is -0.284. The second kappa shape index (κ2) is 3.58. The average molecular weight is 195 g/mol. The van der Waals surface area contributed by atoms with E-state index >= 15 is 0 Å². The van der Waals surface area contributed by atoms with Gasteiger partial charge in [0.2, 0.25) is 0 Å². The van der Waals surface area contributed by atoms with Crippen molar-refractivity contribution in [3.63, 3.8) is 0 Å². The molecule has 14 heavy (non-hydrogen) atoms. The topological polar surface area (TPSA) is 35.2 Å². The molecule has 76 valence electrons. The number of ether oxygens (including phenoxy) is 1. The summed E-state index contributed by atoms with van der Waals surface area (Å²) in [5, 5.41) is 0. The van der Waals surface area contributed by atoms with Crippen LogP contribution in [-0.4, -0.2) is 12.1 Å². The Morgan fingerprint density at radius 3 is 3.07 bits per heavy atom. The highest BCUT2D eigenvalue weighted by molar-refractivity contribution is 5.36. The maximum absolute atomic E-state index is 13.3. The molecular weight excluding hydrogens is 181 g/mol. The van der Waals surface area contributed by atoms with Gasteiger partial charge in [-0.2, -0.15) is 0 Å². The first-order valence-corrected chi connectivity index (χ1v) is 4.88. The molecule has 1 aromatic rings. The van der Waals surface area contributed by atoms with Crippen molar-refractivity contribution in [2.45, 2.75) is 31.9 Å². The molecule has 1 aromatic carbocycles. The lowest BCUT2D eigenvalue weighted by atomic mass is 9.99. The predicted molar refractivity (Wildman–Crippen MR) is 52.8 cm³/mol. The third-order valence-corrected chi connectivity index (χ3v) is 2.60.